The number of anilines is 2. The largest absolute Gasteiger partial charge is 0.588 e. The van der Waals surface area contributed by atoms with Crippen LogP contribution in [0, 0.1) is 26.2 Å². The van der Waals surface area contributed by atoms with Crippen LogP contribution < -0.4 is 10.0 Å². The molecule has 1 heterocycles. The SMILES string of the molecule is COC1=C([S+]([O-])NC(=N)c2ccc(C(C)(C)C)nc2Nc2c(C)cc(C)cc2C)C=CCC1. The number of aryl methyl sites for hydroxylation is 3. The number of benzene rings is 1. The highest BCUT2D eigenvalue weighted by Crippen LogP contribution is 2.30. The van der Waals surface area contributed by atoms with E-state index < -0.39 is 11.4 Å². The Bertz CT molecular complexity index is 1090. The van der Waals surface area contributed by atoms with Gasteiger partial charge in [-0.2, -0.15) is 4.72 Å². The quantitative estimate of drug-likeness (QED) is 0.283. The van der Waals surface area contributed by atoms with Gasteiger partial charge in [-0.25, -0.2) is 4.98 Å². The van der Waals surface area contributed by atoms with E-state index in [1.165, 1.54) is 5.56 Å². The predicted octanol–water partition coefficient (Wildman–Crippen LogP) is 5.83. The fraction of sp³-hybridized carbons (Fsp3) is 0.385. The summed E-state index contributed by atoms with van der Waals surface area (Å²) >= 11 is -1.62. The first-order valence-electron chi connectivity index (χ1n) is 11.1. The molecule has 0 bridgehead atoms. The van der Waals surface area contributed by atoms with Crippen LogP contribution in [0.4, 0.5) is 11.5 Å². The van der Waals surface area contributed by atoms with Crippen molar-refractivity contribution >= 4 is 28.7 Å². The lowest BCUT2D eigenvalue weighted by atomic mass is 9.91. The molecule has 1 aromatic carbocycles. The lowest BCUT2D eigenvalue weighted by Crippen LogP contribution is -2.33. The zero-order valence-electron chi connectivity index (χ0n) is 20.6. The van der Waals surface area contributed by atoms with Crippen molar-refractivity contribution in [3.8, 4) is 0 Å². The molecule has 7 heteroatoms. The lowest BCUT2D eigenvalue weighted by Gasteiger charge is -2.23. The molecular weight excluding hydrogens is 432 g/mol. The van der Waals surface area contributed by atoms with E-state index in [9.17, 15) is 4.55 Å². The summed E-state index contributed by atoms with van der Waals surface area (Å²) in [5, 5.41) is 12.2. The number of nitrogens with zero attached hydrogens (tertiary/aromatic N) is 1. The Morgan fingerprint density at radius 2 is 1.82 bits per heavy atom. The van der Waals surface area contributed by atoms with Crippen LogP contribution in [-0.4, -0.2) is 22.5 Å². The number of methoxy groups -OCH3 is 1. The van der Waals surface area contributed by atoms with Gasteiger partial charge in [-0.1, -0.05) is 44.5 Å². The average Bonchev–Trinajstić information content (AvgIpc) is 2.75. The van der Waals surface area contributed by atoms with E-state index in [-0.39, 0.29) is 11.3 Å². The van der Waals surface area contributed by atoms with Crippen LogP contribution in [0.1, 0.15) is 61.6 Å². The van der Waals surface area contributed by atoms with Crippen LogP contribution in [-0.2, 0) is 21.5 Å². The molecule has 3 N–H and O–H groups in total. The molecule has 33 heavy (non-hydrogen) atoms. The van der Waals surface area contributed by atoms with Crippen molar-refractivity contribution in [3.63, 3.8) is 0 Å². The van der Waals surface area contributed by atoms with Gasteiger partial charge in [0.05, 0.1) is 12.7 Å². The smallest absolute Gasteiger partial charge is 0.217 e. The van der Waals surface area contributed by atoms with Gasteiger partial charge in [0.15, 0.2) is 11.6 Å². The second-order valence-corrected chi connectivity index (χ2v) is 10.6. The van der Waals surface area contributed by atoms with Gasteiger partial charge in [0, 0.05) is 23.2 Å². The maximum absolute atomic E-state index is 13.0. The molecule has 0 aliphatic heterocycles. The summed E-state index contributed by atoms with van der Waals surface area (Å²) < 4.78 is 21.3. The van der Waals surface area contributed by atoms with Gasteiger partial charge in [-0.3, -0.25) is 5.41 Å². The van der Waals surface area contributed by atoms with E-state index in [1.54, 1.807) is 13.2 Å². The molecule has 1 aromatic heterocycles. The lowest BCUT2D eigenvalue weighted by molar-refractivity contribution is 0.275. The minimum Gasteiger partial charge on any atom is -0.588 e. The molecule has 2 aromatic rings. The first-order chi connectivity index (χ1) is 15.5. The van der Waals surface area contributed by atoms with Crippen LogP contribution in [0.2, 0.25) is 0 Å². The van der Waals surface area contributed by atoms with Crippen LogP contribution in [0.15, 0.2) is 47.1 Å². The molecule has 0 radical (unpaired) electrons. The van der Waals surface area contributed by atoms with E-state index in [0.717, 1.165) is 28.9 Å². The van der Waals surface area contributed by atoms with Gasteiger partial charge in [0.1, 0.15) is 17.2 Å². The first kappa shape index (κ1) is 24.9. The number of aromatic nitrogens is 1. The number of amidine groups is 1. The number of hydrogen-bond acceptors (Lipinski definition) is 5. The highest BCUT2D eigenvalue weighted by molar-refractivity contribution is 7.94. The number of allylic oxidation sites excluding steroid dienone is 3. The van der Waals surface area contributed by atoms with Crippen LogP contribution >= 0.6 is 0 Å². The number of hydrogen-bond donors (Lipinski definition) is 3. The van der Waals surface area contributed by atoms with Crippen LogP contribution in [0.3, 0.4) is 0 Å². The van der Waals surface area contributed by atoms with Gasteiger partial charge in [-0.15, -0.1) is 0 Å². The van der Waals surface area contributed by atoms with Crippen molar-refractivity contribution in [2.24, 2.45) is 0 Å². The zero-order valence-corrected chi connectivity index (χ0v) is 21.4. The first-order valence-corrected chi connectivity index (χ1v) is 12.2. The Kier molecular flexibility index (Phi) is 7.55. The minimum absolute atomic E-state index is 0.0353. The maximum Gasteiger partial charge on any atom is 0.217 e. The van der Waals surface area contributed by atoms with Crippen molar-refractivity contribution in [2.45, 2.75) is 59.8 Å². The van der Waals surface area contributed by atoms with Gasteiger partial charge >= 0.3 is 0 Å². The van der Waals surface area contributed by atoms with Gasteiger partial charge < -0.3 is 14.6 Å². The molecular formula is C26H34N4O2S. The molecule has 0 amide bonds. The van der Waals surface area contributed by atoms with Crippen molar-refractivity contribution < 1.29 is 9.29 Å². The zero-order chi connectivity index (χ0) is 24.3. The summed E-state index contributed by atoms with van der Waals surface area (Å²) in [7, 11) is 1.58. The summed E-state index contributed by atoms with van der Waals surface area (Å²) in [5.41, 5.74) is 5.67. The molecule has 1 aliphatic carbocycles. The van der Waals surface area contributed by atoms with E-state index in [0.29, 0.717) is 28.5 Å². The average molecular weight is 467 g/mol. The second-order valence-electron chi connectivity index (χ2n) is 9.42. The summed E-state index contributed by atoms with van der Waals surface area (Å²) in [6, 6.07) is 8.03. The van der Waals surface area contributed by atoms with Crippen molar-refractivity contribution in [3.05, 3.63) is 75.0 Å². The highest BCUT2D eigenvalue weighted by atomic mass is 32.2. The minimum atomic E-state index is -1.62. The monoisotopic (exact) mass is 466 g/mol. The molecule has 0 fully saturated rings. The van der Waals surface area contributed by atoms with Gasteiger partial charge in [0.25, 0.3) is 0 Å². The molecule has 0 spiro atoms. The van der Waals surface area contributed by atoms with Gasteiger partial charge in [0.2, 0.25) is 4.91 Å². The Morgan fingerprint density at radius 3 is 2.42 bits per heavy atom. The Balaban J connectivity index is 1.98. The molecule has 176 valence electrons. The Labute approximate surface area is 200 Å². The summed E-state index contributed by atoms with van der Waals surface area (Å²) in [6.45, 7) is 12.5. The molecule has 0 saturated heterocycles. The summed E-state index contributed by atoms with van der Waals surface area (Å²) in [6.07, 6.45) is 5.32. The van der Waals surface area contributed by atoms with E-state index in [1.807, 2.05) is 18.2 Å². The van der Waals surface area contributed by atoms with Gasteiger partial charge in [-0.05, 0) is 56.5 Å². The summed E-state index contributed by atoms with van der Waals surface area (Å²) in [5.74, 6) is 1.28. The molecule has 3 rings (SSSR count). The van der Waals surface area contributed by atoms with E-state index >= 15 is 0 Å². The topological polar surface area (TPSA) is 93.1 Å². The maximum atomic E-state index is 13.0. The fourth-order valence-electron chi connectivity index (χ4n) is 3.86. The van der Waals surface area contributed by atoms with Crippen molar-refractivity contribution in [1.29, 1.82) is 5.41 Å². The molecule has 6 nitrogen and oxygen atoms in total. The van der Waals surface area contributed by atoms with Crippen LogP contribution in [0.25, 0.3) is 0 Å². The summed E-state index contributed by atoms with van der Waals surface area (Å²) in [4.78, 5) is 5.44. The number of nitrogens with one attached hydrogen (secondary N) is 3. The third-order valence-corrected chi connectivity index (χ3v) is 6.73. The molecule has 1 aliphatic rings. The standard InChI is InChI=1S/C26H34N4O2S/c1-16-14-17(2)23(18(3)15-16)29-25-19(12-13-22(28-25)26(4,5)6)24(27)30-33(31)21-11-9-8-10-20(21)32-7/h9,11-15H,8,10H2,1-7H3,(H2,27,30)(H,28,29). The highest BCUT2D eigenvalue weighted by Gasteiger charge is 2.25. The Hall–Kier alpha value is -2.77. The Morgan fingerprint density at radius 1 is 1.15 bits per heavy atom. The van der Waals surface area contributed by atoms with E-state index in [4.69, 9.17) is 15.1 Å². The molecule has 1 atom stereocenters. The molecule has 0 saturated carbocycles. The third-order valence-electron chi connectivity index (χ3n) is 5.58. The normalized spacial score (nSPS) is 14.8. The fourth-order valence-corrected chi connectivity index (χ4v) is 4.88. The van der Waals surface area contributed by atoms with Crippen LogP contribution in [0.5, 0.6) is 0 Å². The van der Waals surface area contributed by atoms with E-state index in [2.05, 4.69) is 63.7 Å². The van der Waals surface area contributed by atoms with Crippen molar-refractivity contribution in [1.82, 2.24) is 9.71 Å². The second kappa shape index (κ2) is 10.0. The number of rotatable bonds is 6. The third kappa shape index (κ3) is 5.78. The van der Waals surface area contributed by atoms with Crippen molar-refractivity contribution in [2.75, 3.05) is 12.4 Å². The predicted molar refractivity (Wildman–Crippen MR) is 137 cm³/mol. The number of ether oxygens (including phenoxy) is 1. The number of pyridine rings is 1. The molecule has 1 unspecified atom stereocenters.